The Labute approximate surface area is 144 Å². The van der Waals surface area contributed by atoms with Gasteiger partial charge in [-0.1, -0.05) is 6.92 Å². The highest BCUT2D eigenvalue weighted by Gasteiger charge is 2.51. The van der Waals surface area contributed by atoms with Gasteiger partial charge in [-0.3, -0.25) is 4.98 Å². The molecule has 2 saturated heterocycles. The van der Waals surface area contributed by atoms with Crippen LogP contribution in [0.1, 0.15) is 37.3 Å². The number of aromatic nitrogens is 1. The van der Waals surface area contributed by atoms with E-state index < -0.39 is 10.0 Å². The molecule has 2 aliphatic rings. The second-order valence-corrected chi connectivity index (χ2v) is 8.93. The van der Waals surface area contributed by atoms with E-state index in [1.807, 2.05) is 26.1 Å². The first-order valence-corrected chi connectivity index (χ1v) is 10.2. The van der Waals surface area contributed by atoms with Gasteiger partial charge in [0, 0.05) is 38.5 Å². The molecule has 1 unspecified atom stereocenters. The molecule has 0 saturated carbocycles. The highest BCUT2D eigenvalue weighted by molar-refractivity contribution is 7.89. The molecule has 0 N–H and O–H groups in total. The summed E-state index contributed by atoms with van der Waals surface area (Å²) in [5.41, 5.74) is 1.92. The number of ether oxygens (including phenoxy) is 2. The lowest BCUT2D eigenvalue weighted by atomic mass is 9.86. The van der Waals surface area contributed by atoms with E-state index in [4.69, 9.17) is 9.47 Å². The SMILES string of the molecule is CCCS(=O)(=O)N1CC2(CC(OCc3cnccc3C)CCO2)C1. The van der Waals surface area contributed by atoms with Crippen LogP contribution in [0.5, 0.6) is 0 Å². The van der Waals surface area contributed by atoms with E-state index in [2.05, 4.69) is 4.98 Å². The molecule has 1 aromatic heterocycles. The zero-order valence-corrected chi connectivity index (χ0v) is 15.2. The molecule has 1 spiro atoms. The molecule has 2 aliphatic heterocycles. The molecule has 1 atom stereocenters. The summed E-state index contributed by atoms with van der Waals surface area (Å²) < 4.78 is 37.7. The third kappa shape index (κ3) is 3.79. The van der Waals surface area contributed by atoms with E-state index in [1.165, 1.54) is 5.56 Å². The van der Waals surface area contributed by atoms with Crippen LogP contribution in [0.4, 0.5) is 0 Å². The summed E-state index contributed by atoms with van der Waals surface area (Å²) in [5, 5.41) is 0. The van der Waals surface area contributed by atoms with Gasteiger partial charge in [-0.25, -0.2) is 8.42 Å². The summed E-state index contributed by atoms with van der Waals surface area (Å²) in [7, 11) is -3.12. The van der Waals surface area contributed by atoms with Gasteiger partial charge in [-0.15, -0.1) is 0 Å². The number of hydrogen-bond acceptors (Lipinski definition) is 5. The van der Waals surface area contributed by atoms with Crippen molar-refractivity contribution in [1.29, 1.82) is 0 Å². The third-order valence-corrected chi connectivity index (χ3v) is 6.82. The second-order valence-electron chi connectivity index (χ2n) is 6.84. The maximum absolute atomic E-state index is 12.1. The van der Waals surface area contributed by atoms with Crippen molar-refractivity contribution >= 4 is 10.0 Å². The summed E-state index contributed by atoms with van der Waals surface area (Å²) in [6.07, 6.45) is 5.97. The summed E-state index contributed by atoms with van der Waals surface area (Å²) in [4.78, 5) is 4.14. The van der Waals surface area contributed by atoms with Crippen molar-refractivity contribution in [2.45, 2.75) is 51.4 Å². The van der Waals surface area contributed by atoms with E-state index >= 15 is 0 Å². The lowest BCUT2D eigenvalue weighted by molar-refractivity contribution is -0.180. The van der Waals surface area contributed by atoms with Gasteiger partial charge in [0.05, 0.1) is 24.1 Å². The summed E-state index contributed by atoms with van der Waals surface area (Å²) >= 11 is 0. The summed E-state index contributed by atoms with van der Waals surface area (Å²) in [6, 6.07) is 1.98. The van der Waals surface area contributed by atoms with Crippen molar-refractivity contribution in [2.24, 2.45) is 0 Å². The summed E-state index contributed by atoms with van der Waals surface area (Å²) in [6.45, 7) is 6.02. The van der Waals surface area contributed by atoms with Crippen LogP contribution in [0.15, 0.2) is 18.5 Å². The van der Waals surface area contributed by atoms with Crippen LogP contribution in [-0.2, 0) is 26.1 Å². The van der Waals surface area contributed by atoms with Crippen LogP contribution >= 0.6 is 0 Å². The van der Waals surface area contributed by atoms with Gasteiger partial charge >= 0.3 is 0 Å². The fraction of sp³-hybridized carbons (Fsp3) is 0.706. The average Bonchev–Trinajstić information content (AvgIpc) is 2.52. The van der Waals surface area contributed by atoms with Crippen LogP contribution in [0.25, 0.3) is 0 Å². The molecule has 3 rings (SSSR count). The predicted octanol–water partition coefficient (Wildman–Crippen LogP) is 1.88. The van der Waals surface area contributed by atoms with E-state index in [0.717, 1.165) is 18.4 Å². The van der Waals surface area contributed by atoms with Gasteiger partial charge in [0.2, 0.25) is 10.0 Å². The van der Waals surface area contributed by atoms with Crippen molar-refractivity contribution in [3.8, 4) is 0 Å². The highest BCUT2D eigenvalue weighted by Crippen LogP contribution is 2.37. The quantitative estimate of drug-likeness (QED) is 0.780. The smallest absolute Gasteiger partial charge is 0.214 e. The summed E-state index contributed by atoms with van der Waals surface area (Å²) in [5.74, 6) is 0.212. The van der Waals surface area contributed by atoms with Crippen molar-refractivity contribution in [3.05, 3.63) is 29.6 Å². The van der Waals surface area contributed by atoms with Crippen molar-refractivity contribution in [2.75, 3.05) is 25.4 Å². The first kappa shape index (κ1) is 17.8. The topological polar surface area (TPSA) is 68.7 Å². The van der Waals surface area contributed by atoms with Crippen LogP contribution in [-0.4, -0.2) is 54.9 Å². The maximum atomic E-state index is 12.1. The van der Waals surface area contributed by atoms with E-state index in [9.17, 15) is 8.42 Å². The molecule has 134 valence electrons. The van der Waals surface area contributed by atoms with Gasteiger partial charge in [-0.05, 0) is 37.0 Å². The Morgan fingerprint density at radius 3 is 2.96 bits per heavy atom. The van der Waals surface area contributed by atoms with Crippen LogP contribution in [0.2, 0.25) is 0 Å². The molecule has 0 aliphatic carbocycles. The fourth-order valence-corrected chi connectivity index (χ4v) is 5.02. The van der Waals surface area contributed by atoms with Crippen LogP contribution in [0, 0.1) is 6.92 Å². The van der Waals surface area contributed by atoms with E-state index in [0.29, 0.717) is 32.7 Å². The van der Waals surface area contributed by atoms with E-state index in [-0.39, 0.29) is 17.5 Å². The number of pyridine rings is 1. The van der Waals surface area contributed by atoms with Crippen molar-refractivity contribution < 1.29 is 17.9 Å². The Balaban J connectivity index is 1.54. The molecule has 3 heterocycles. The van der Waals surface area contributed by atoms with Crippen LogP contribution < -0.4 is 0 Å². The number of hydrogen-bond donors (Lipinski definition) is 0. The lowest BCUT2D eigenvalue weighted by Gasteiger charge is -2.52. The molecular weight excluding hydrogens is 328 g/mol. The molecule has 7 heteroatoms. The molecule has 0 bridgehead atoms. The van der Waals surface area contributed by atoms with E-state index in [1.54, 1.807) is 10.5 Å². The number of aryl methyl sites for hydroxylation is 1. The molecule has 2 fully saturated rings. The highest BCUT2D eigenvalue weighted by atomic mass is 32.2. The Morgan fingerprint density at radius 1 is 1.46 bits per heavy atom. The molecule has 24 heavy (non-hydrogen) atoms. The number of rotatable bonds is 6. The van der Waals surface area contributed by atoms with Gasteiger partial charge < -0.3 is 9.47 Å². The fourth-order valence-electron chi connectivity index (χ4n) is 3.38. The minimum atomic E-state index is -3.12. The largest absolute Gasteiger partial charge is 0.373 e. The van der Waals surface area contributed by atoms with Gasteiger partial charge in [0.1, 0.15) is 0 Å². The Morgan fingerprint density at radius 2 is 2.25 bits per heavy atom. The normalized spacial score (nSPS) is 24.0. The van der Waals surface area contributed by atoms with Gasteiger partial charge in [0.15, 0.2) is 0 Å². The minimum absolute atomic E-state index is 0.106. The molecular formula is C17H26N2O4S. The van der Waals surface area contributed by atoms with Crippen LogP contribution in [0.3, 0.4) is 0 Å². The molecule has 0 aromatic carbocycles. The zero-order chi connectivity index (χ0) is 17.2. The van der Waals surface area contributed by atoms with Crippen molar-refractivity contribution in [1.82, 2.24) is 9.29 Å². The maximum Gasteiger partial charge on any atom is 0.214 e. The number of nitrogens with zero attached hydrogens (tertiary/aromatic N) is 2. The molecule has 1 aromatic rings. The Kier molecular flexibility index (Phi) is 5.24. The predicted molar refractivity (Wildman–Crippen MR) is 91.1 cm³/mol. The monoisotopic (exact) mass is 354 g/mol. The first-order chi connectivity index (χ1) is 11.4. The third-order valence-electron chi connectivity index (χ3n) is 4.85. The first-order valence-electron chi connectivity index (χ1n) is 8.57. The van der Waals surface area contributed by atoms with Gasteiger partial charge in [-0.2, -0.15) is 4.31 Å². The second kappa shape index (κ2) is 7.07. The molecule has 0 radical (unpaired) electrons. The zero-order valence-electron chi connectivity index (χ0n) is 14.4. The Bertz CT molecular complexity index is 671. The minimum Gasteiger partial charge on any atom is -0.373 e. The Hall–Kier alpha value is -1.02. The molecule has 0 amide bonds. The van der Waals surface area contributed by atoms with Crippen molar-refractivity contribution in [3.63, 3.8) is 0 Å². The lowest BCUT2D eigenvalue weighted by Crippen LogP contribution is -2.67. The van der Waals surface area contributed by atoms with Gasteiger partial charge in [0.25, 0.3) is 0 Å². The number of sulfonamides is 1. The standard InChI is InChI=1S/C17H26N2O4S/c1-3-8-24(20,21)19-12-17(13-19)9-16(5-7-23-17)22-11-15-10-18-6-4-14(15)2/h4,6,10,16H,3,5,7-9,11-13H2,1-2H3. The average molecular weight is 354 g/mol. The molecule has 6 nitrogen and oxygen atoms in total.